The van der Waals surface area contributed by atoms with Crippen LogP contribution in [0.1, 0.15) is 16.1 Å². The van der Waals surface area contributed by atoms with Gasteiger partial charge in [-0.2, -0.15) is 0 Å². The minimum absolute atomic E-state index is 0.289. The summed E-state index contributed by atoms with van der Waals surface area (Å²) in [6, 6.07) is 11.7. The van der Waals surface area contributed by atoms with Crippen LogP contribution in [0.4, 0.5) is 0 Å². The smallest absolute Gasteiger partial charge is 0.355 e. The van der Waals surface area contributed by atoms with Crippen LogP contribution in [0.2, 0.25) is 0 Å². The second-order valence-corrected chi connectivity index (χ2v) is 5.25. The zero-order valence-electron chi connectivity index (χ0n) is 10.5. The van der Waals surface area contributed by atoms with Crippen LogP contribution < -0.4 is 0 Å². The van der Waals surface area contributed by atoms with Crippen LogP contribution >= 0.6 is 11.3 Å². The molecule has 0 atom stereocenters. The van der Waals surface area contributed by atoms with Gasteiger partial charge in [0.15, 0.2) is 0 Å². The van der Waals surface area contributed by atoms with E-state index < -0.39 is 0 Å². The number of aromatic nitrogens is 1. The van der Waals surface area contributed by atoms with Crippen molar-refractivity contribution >= 4 is 27.4 Å². The maximum atomic E-state index is 11.9. The molecule has 0 saturated carbocycles. The second-order valence-electron chi connectivity index (χ2n) is 4.34. The van der Waals surface area contributed by atoms with Gasteiger partial charge in [0.1, 0.15) is 12.3 Å². The van der Waals surface area contributed by atoms with Gasteiger partial charge in [-0.25, -0.2) is 4.79 Å². The monoisotopic (exact) mass is 271 g/mol. The van der Waals surface area contributed by atoms with Gasteiger partial charge < -0.3 is 9.30 Å². The zero-order chi connectivity index (χ0) is 13.2. The van der Waals surface area contributed by atoms with Gasteiger partial charge in [0.2, 0.25) is 0 Å². The van der Waals surface area contributed by atoms with Crippen molar-refractivity contribution in [2.45, 2.75) is 6.61 Å². The fourth-order valence-corrected chi connectivity index (χ4v) is 2.98. The van der Waals surface area contributed by atoms with Crippen molar-refractivity contribution < 1.29 is 9.53 Å². The molecule has 0 fully saturated rings. The van der Waals surface area contributed by atoms with Crippen molar-refractivity contribution in [2.75, 3.05) is 0 Å². The van der Waals surface area contributed by atoms with Crippen LogP contribution in [0.25, 0.3) is 10.1 Å². The van der Waals surface area contributed by atoms with Gasteiger partial charge in [-0.15, -0.1) is 11.3 Å². The Morgan fingerprint density at radius 2 is 2.11 bits per heavy atom. The molecular weight excluding hydrogens is 258 g/mol. The highest BCUT2D eigenvalue weighted by Gasteiger charge is 2.11. The Hall–Kier alpha value is -2.07. The Labute approximate surface area is 115 Å². The summed E-state index contributed by atoms with van der Waals surface area (Å²) in [6.45, 7) is 0.314. The Morgan fingerprint density at radius 3 is 2.89 bits per heavy atom. The average molecular weight is 271 g/mol. The molecule has 0 aliphatic carbocycles. The highest BCUT2D eigenvalue weighted by atomic mass is 32.1. The number of nitrogens with zero attached hydrogens (tertiary/aromatic N) is 1. The van der Waals surface area contributed by atoms with E-state index in [0.717, 1.165) is 10.9 Å². The number of carbonyl (C=O) groups excluding carboxylic acids is 1. The van der Waals surface area contributed by atoms with Gasteiger partial charge in [-0.1, -0.05) is 18.2 Å². The maximum Gasteiger partial charge on any atom is 0.355 e. The standard InChI is InChI=1S/C15H13NO2S/c1-16-8-4-6-13(16)15(17)18-9-11-10-19-14-7-3-2-5-12(11)14/h2-8,10H,9H2,1H3. The molecular formula is C15H13NO2S. The highest BCUT2D eigenvalue weighted by Crippen LogP contribution is 2.26. The summed E-state index contributed by atoms with van der Waals surface area (Å²) < 4.78 is 8.34. The third kappa shape index (κ3) is 2.27. The molecule has 3 nitrogen and oxygen atoms in total. The molecule has 2 heterocycles. The quantitative estimate of drug-likeness (QED) is 0.682. The normalized spacial score (nSPS) is 10.8. The van der Waals surface area contributed by atoms with Gasteiger partial charge in [-0.3, -0.25) is 0 Å². The van der Waals surface area contributed by atoms with Crippen molar-refractivity contribution in [3.05, 3.63) is 59.2 Å². The number of rotatable bonds is 3. The molecule has 3 aromatic rings. The summed E-state index contributed by atoms with van der Waals surface area (Å²) in [7, 11) is 1.83. The molecule has 0 bridgehead atoms. The van der Waals surface area contributed by atoms with E-state index in [4.69, 9.17) is 4.74 Å². The molecule has 0 radical (unpaired) electrons. The van der Waals surface area contributed by atoms with E-state index in [2.05, 4.69) is 12.1 Å². The molecule has 0 spiro atoms. The average Bonchev–Trinajstić information content (AvgIpc) is 3.02. The van der Waals surface area contributed by atoms with E-state index in [1.165, 1.54) is 4.70 Å². The first-order valence-corrected chi connectivity index (χ1v) is 6.87. The number of carbonyl (C=O) groups is 1. The predicted octanol–water partition coefficient (Wildman–Crippen LogP) is 3.60. The number of esters is 1. The minimum atomic E-state index is -0.289. The SMILES string of the molecule is Cn1cccc1C(=O)OCc1csc2ccccc12. The molecule has 19 heavy (non-hydrogen) atoms. The third-order valence-corrected chi connectivity index (χ3v) is 4.09. The fraction of sp³-hybridized carbons (Fsp3) is 0.133. The number of benzene rings is 1. The first kappa shape index (κ1) is 12.0. The second kappa shape index (κ2) is 4.90. The first-order valence-electron chi connectivity index (χ1n) is 5.99. The van der Waals surface area contributed by atoms with Crippen molar-refractivity contribution in [3.8, 4) is 0 Å². The molecule has 0 N–H and O–H groups in total. The maximum absolute atomic E-state index is 11.9. The molecule has 1 aromatic carbocycles. The Balaban J connectivity index is 1.76. The fourth-order valence-electron chi connectivity index (χ4n) is 2.03. The summed E-state index contributed by atoms with van der Waals surface area (Å²) in [5, 5.41) is 3.20. The van der Waals surface area contributed by atoms with Crippen molar-refractivity contribution in [3.63, 3.8) is 0 Å². The zero-order valence-corrected chi connectivity index (χ0v) is 11.3. The van der Waals surface area contributed by atoms with E-state index in [1.807, 2.05) is 36.8 Å². The van der Waals surface area contributed by atoms with Crippen LogP contribution in [0, 0.1) is 0 Å². The van der Waals surface area contributed by atoms with E-state index in [9.17, 15) is 4.79 Å². The van der Waals surface area contributed by atoms with Crippen molar-refractivity contribution in [2.24, 2.45) is 7.05 Å². The van der Waals surface area contributed by atoms with Crippen LogP contribution in [0.15, 0.2) is 48.0 Å². The lowest BCUT2D eigenvalue weighted by atomic mass is 10.2. The topological polar surface area (TPSA) is 31.2 Å². The molecule has 0 aliphatic rings. The largest absolute Gasteiger partial charge is 0.456 e. The van der Waals surface area contributed by atoms with Crippen molar-refractivity contribution in [1.29, 1.82) is 0 Å². The molecule has 2 aromatic heterocycles. The lowest BCUT2D eigenvalue weighted by molar-refractivity contribution is 0.0463. The van der Waals surface area contributed by atoms with Crippen LogP contribution in [0.3, 0.4) is 0 Å². The van der Waals surface area contributed by atoms with Crippen LogP contribution in [-0.4, -0.2) is 10.5 Å². The van der Waals surface area contributed by atoms with Gasteiger partial charge in [0.25, 0.3) is 0 Å². The number of hydrogen-bond acceptors (Lipinski definition) is 3. The molecule has 0 amide bonds. The number of ether oxygens (including phenoxy) is 1. The summed E-state index contributed by atoms with van der Waals surface area (Å²) in [5.74, 6) is -0.289. The molecule has 3 rings (SSSR count). The first-order chi connectivity index (χ1) is 9.25. The lowest BCUT2D eigenvalue weighted by Gasteiger charge is -2.05. The minimum Gasteiger partial charge on any atom is -0.456 e. The van der Waals surface area contributed by atoms with Gasteiger partial charge in [-0.05, 0) is 29.0 Å². The highest BCUT2D eigenvalue weighted by molar-refractivity contribution is 7.17. The summed E-state index contributed by atoms with van der Waals surface area (Å²) in [5.41, 5.74) is 1.63. The summed E-state index contributed by atoms with van der Waals surface area (Å²) in [4.78, 5) is 11.9. The van der Waals surface area contributed by atoms with Crippen molar-refractivity contribution in [1.82, 2.24) is 4.57 Å². The van der Waals surface area contributed by atoms with E-state index >= 15 is 0 Å². The number of aryl methyl sites for hydroxylation is 1. The molecule has 96 valence electrons. The van der Waals surface area contributed by atoms with Crippen LogP contribution in [0.5, 0.6) is 0 Å². The van der Waals surface area contributed by atoms with Gasteiger partial charge >= 0.3 is 5.97 Å². The molecule has 0 aliphatic heterocycles. The Kier molecular flexibility index (Phi) is 3.09. The van der Waals surface area contributed by atoms with E-state index in [1.54, 1.807) is 22.0 Å². The number of thiophene rings is 1. The van der Waals surface area contributed by atoms with E-state index in [0.29, 0.717) is 12.3 Å². The molecule has 0 saturated heterocycles. The summed E-state index contributed by atoms with van der Waals surface area (Å²) in [6.07, 6.45) is 1.83. The van der Waals surface area contributed by atoms with Gasteiger partial charge in [0, 0.05) is 23.5 Å². The summed E-state index contributed by atoms with van der Waals surface area (Å²) >= 11 is 1.67. The van der Waals surface area contributed by atoms with E-state index in [-0.39, 0.29) is 5.97 Å². The van der Waals surface area contributed by atoms with Crippen LogP contribution in [-0.2, 0) is 18.4 Å². The van der Waals surface area contributed by atoms with Gasteiger partial charge in [0.05, 0.1) is 0 Å². The predicted molar refractivity (Wildman–Crippen MR) is 76.4 cm³/mol. The third-order valence-electron chi connectivity index (χ3n) is 3.07. The number of hydrogen-bond donors (Lipinski definition) is 0. The molecule has 0 unspecified atom stereocenters. The Morgan fingerprint density at radius 1 is 1.26 bits per heavy atom. The molecule has 4 heteroatoms. The number of fused-ring (bicyclic) bond motifs is 1. The lowest BCUT2D eigenvalue weighted by Crippen LogP contribution is -2.09. The Bertz CT molecular complexity index is 726.